The third-order valence-electron chi connectivity index (χ3n) is 3.89. The molecule has 3 aromatic carbocycles. The summed E-state index contributed by atoms with van der Waals surface area (Å²) >= 11 is 0. The Kier molecular flexibility index (Phi) is 3.92. The van der Waals surface area contributed by atoms with Crippen molar-refractivity contribution in [1.29, 1.82) is 0 Å². The van der Waals surface area contributed by atoms with Gasteiger partial charge < -0.3 is 14.9 Å². The summed E-state index contributed by atoms with van der Waals surface area (Å²) in [6.07, 6.45) is 0. The van der Waals surface area contributed by atoms with E-state index in [9.17, 15) is 19.8 Å². The molecule has 0 amide bonds. The van der Waals surface area contributed by atoms with E-state index in [1.165, 1.54) is 6.07 Å². The number of carboxylic acids is 2. The lowest BCUT2D eigenvalue weighted by Gasteiger charge is -2.12. The minimum Gasteiger partial charge on any atom is -0.497 e. The van der Waals surface area contributed by atoms with Gasteiger partial charge in [0.25, 0.3) is 0 Å². The molecule has 0 spiro atoms. The monoisotopic (exact) mass is 322 g/mol. The Morgan fingerprint density at radius 2 is 1.58 bits per heavy atom. The minimum atomic E-state index is -1.17. The molecule has 0 fully saturated rings. The molecule has 0 bridgehead atoms. The van der Waals surface area contributed by atoms with Gasteiger partial charge in [0, 0.05) is 5.39 Å². The summed E-state index contributed by atoms with van der Waals surface area (Å²) in [6.45, 7) is 0. The van der Waals surface area contributed by atoms with Crippen LogP contribution in [-0.4, -0.2) is 29.3 Å². The second-order valence-electron chi connectivity index (χ2n) is 5.23. The van der Waals surface area contributed by atoms with Crippen molar-refractivity contribution in [2.24, 2.45) is 0 Å². The van der Waals surface area contributed by atoms with Crippen molar-refractivity contribution in [2.45, 2.75) is 0 Å². The van der Waals surface area contributed by atoms with Crippen LogP contribution in [-0.2, 0) is 0 Å². The van der Waals surface area contributed by atoms with Crippen LogP contribution in [0.15, 0.2) is 54.6 Å². The second-order valence-corrected chi connectivity index (χ2v) is 5.23. The summed E-state index contributed by atoms with van der Waals surface area (Å²) in [6, 6.07) is 15.1. The number of rotatable bonds is 4. The van der Waals surface area contributed by atoms with E-state index in [0.29, 0.717) is 22.3 Å². The van der Waals surface area contributed by atoms with Crippen molar-refractivity contribution in [2.75, 3.05) is 7.11 Å². The highest BCUT2D eigenvalue weighted by Gasteiger charge is 2.20. The van der Waals surface area contributed by atoms with E-state index in [1.54, 1.807) is 55.6 Å². The Hall–Kier alpha value is -3.34. The molecule has 0 aliphatic heterocycles. The summed E-state index contributed by atoms with van der Waals surface area (Å²) in [5.41, 5.74) is 1.09. The molecule has 0 radical (unpaired) electrons. The van der Waals surface area contributed by atoms with Crippen LogP contribution in [0.25, 0.3) is 21.9 Å². The van der Waals surface area contributed by atoms with Gasteiger partial charge in [-0.3, -0.25) is 0 Å². The largest absolute Gasteiger partial charge is 0.497 e. The van der Waals surface area contributed by atoms with Crippen molar-refractivity contribution in [3.63, 3.8) is 0 Å². The Labute approximate surface area is 137 Å². The molecule has 0 saturated heterocycles. The van der Waals surface area contributed by atoms with Crippen LogP contribution in [0.2, 0.25) is 0 Å². The van der Waals surface area contributed by atoms with Gasteiger partial charge >= 0.3 is 11.9 Å². The summed E-state index contributed by atoms with van der Waals surface area (Å²) < 4.78 is 5.11. The predicted octanol–water partition coefficient (Wildman–Crippen LogP) is 3.91. The first-order valence-corrected chi connectivity index (χ1v) is 7.19. The Bertz CT molecular complexity index is 942. The van der Waals surface area contributed by atoms with Crippen molar-refractivity contribution in [1.82, 2.24) is 0 Å². The minimum absolute atomic E-state index is 0.0179. The summed E-state index contributed by atoms with van der Waals surface area (Å²) in [4.78, 5) is 23.4. The molecular weight excluding hydrogens is 308 g/mol. The molecule has 0 saturated carbocycles. The van der Waals surface area contributed by atoms with Gasteiger partial charge in [0.15, 0.2) is 0 Å². The van der Waals surface area contributed by atoms with Crippen molar-refractivity contribution >= 4 is 22.7 Å². The first kappa shape index (κ1) is 15.6. The van der Waals surface area contributed by atoms with Crippen LogP contribution in [0.5, 0.6) is 5.75 Å². The van der Waals surface area contributed by atoms with Crippen LogP contribution in [0.1, 0.15) is 20.7 Å². The molecule has 3 aromatic rings. The number of hydrogen-bond donors (Lipinski definition) is 2. The fourth-order valence-corrected chi connectivity index (χ4v) is 2.79. The standard InChI is InChI=1S/C19H14O5/c1-24-13-8-5-11(6-9-13)14-10-7-12-3-2-4-15(18(20)21)16(12)17(14)19(22)23/h2-10H,1H3,(H,20,21)(H,22,23). The molecule has 0 aliphatic carbocycles. The lowest BCUT2D eigenvalue weighted by atomic mass is 9.91. The third kappa shape index (κ3) is 2.56. The average Bonchev–Trinajstić information content (AvgIpc) is 2.60. The first-order chi connectivity index (χ1) is 11.5. The Morgan fingerprint density at radius 1 is 0.875 bits per heavy atom. The van der Waals surface area contributed by atoms with Gasteiger partial charge in [-0.25, -0.2) is 9.59 Å². The summed E-state index contributed by atoms with van der Waals surface area (Å²) in [5, 5.41) is 19.9. The number of fused-ring (bicyclic) bond motifs is 1. The molecular formula is C19H14O5. The van der Waals surface area contributed by atoms with Crippen molar-refractivity contribution in [3.05, 3.63) is 65.7 Å². The maximum atomic E-state index is 11.9. The molecule has 0 atom stereocenters. The molecule has 5 nitrogen and oxygen atoms in total. The number of hydrogen-bond acceptors (Lipinski definition) is 3. The van der Waals surface area contributed by atoms with Gasteiger partial charge in [-0.05, 0) is 34.7 Å². The van der Waals surface area contributed by atoms with Gasteiger partial charge in [-0.15, -0.1) is 0 Å². The fraction of sp³-hybridized carbons (Fsp3) is 0.0526. The molecule has 120 valence electrons. The van der Waals surface area contributed by atoms with E-state index in [0.717, 1.165) is 0 Å². The number of carboxylic acid groups (broad SMARTS) is 2. The zero-order valence-corrected chi connectivity index (χ0v) is 12.8. The van der Waals surface area contributed by atoms with E-state index in [-0.39, 0.29) is 16.5 Å². The lowest BCUT2D eigenvalue weighted by molar-refractivity contribution is 0.0695. The van der Waals surface area contributed by atoms with E-state index in [4.69, 9.17) is 4.74 Å². The smallest absolute Gasteiger partial charge is 0.336 e. The zero-order chi connectivity index (χ0) is 17.3. The van der Waals surface area contributed by atoms with Gasteiger partial charge in [0.05, 0.1) is 18.2 Å². The predicted molar refractivity (Wildman–Crippen MR) is 89.9 cm³/mol. The number of benzene rings is 3. The molecule has 2 N–H and O–H groups in total. The van der Waals surface area contributed by atoms with E-state index < -0.39 is 11.9 Å². The number of ether oxygens (including phenoxy) is 1. The number of aromatic carboxylic acids is 2. The van der Waals surface area contributed by atoms with Crippen LogP contribution in [0, 0.1) is 0 Å². The van der Waals surface area contributed by atoms with Crippen LogP contribution < -0.4 is 4.74 Å². The molecule has 0 aromatic heterocycles. The molecule has 3 rings (SSSR count). The maximum Gasteiger partial charge on any atom is 0.336 e. The average molecular weight is 322 g/mol. The van der Waals surface area contributed by atoms with Gasteiger partial charge in [-0.2, -0.15) is 0 Å². The van der Waals surface area contributed by atoms with E-state index in [1.807, 2.05) is 0 Å². The Morgan fingerprint density at radius 3 is 2.17 bits per heavy atom. The topological polar surface area (TPSA) is 83.8 Å². The maximum absolute atomic E-state index is 11.9. The quantitative estimate of drug-likeness (QED) is 0.761. The van der Waals surface area contributed by atoms with Crippen LogP contribution in [0.4, 0.5) is 0 Å². The molecule has 24 heavy (non-hydrogen) atoms. The normalized spacial score (nSPS) is 10.5. The van der Waals surface area contributed by atoms with Crippen molar-refractivity contribution < 1.29 is 24.5 Å². The first-order valence-electron chi connectivity index (χ1n) is 7.19. The summed E-state index contributed by atoms with van der Waals surface area (Å²) in [5.74, 6) is -1.67. The van der Waals surface area contributed by atoms with Crippen LogP contribution in [0.3, 0.4) is 0 Å². The molecule has 0 aliphatic rings. The molecule has 5 heteroatoms. The van der Waals surface area contributed by atoms with Gasteiger partial charge in [0.1, 0.15) is 5.75 Å². The fourth-order valence-electron chi connectivity index (χ4n) is 2.79. The number of carbonyl (C=O) groups is 2. The van der Waals surface area contributed by atoms with E-state index >= 15 is 0 Å². The highest BCUT2D eigenvalue weighted by molar-refractivity contribution is 6.16. The van der Waals surface area contributed by atoms with Gasteiger partial charge in [-0.1, -0.05) is 36.4 Å². The molecule has 0 heterocycles. The highest BCUT2D eigenvalue weighted by atomic mass is 16.5. The lowest BCUT2D eigenvalue weighted by Crippen LogP contribution is -2.06. The second kappa shape index (κ2) is 6.04. The molecule has 0 unspecified atom stereocenters. The van der Waals surface area contributed by atoms with E-state index in [2.05, 4.69) is 0 Å². The SMILES string of the molecule is COc1ccc(-c2ccc3cccc(C(=O)O)c3c2C(=O)O)cc1. The van der Waals surface area contributed by atoms with Crippen LogP contribution >= 0.6 is 0 Å². The Balaban J connectivity index is 2.36. The zero-order valence-electron chi connectivity index (χ0n) is 12.8. The number of methoxy groups -OCH3 is 1. The van der Waals surface area contributed by atoms with Gasteiger partial charge in [0.2, 0.25) is 0 Å². The summed E-state index contributed by atoms with van der Waals surface area (Å²) in [7, 11) is 1.55. The highest BCUT2D eigenvalue weighted by Crippen LogP contribution is 2.33. The van der Waals surface area contributed by atoms with Crippen molar-refractivity contribution in [3.8, 4) is 16.9 Å². The third-order valence-corrected chi connectivity index (χ3v) is 3.89.